The van der Waals surface area contributed by atoms with Crippen molar-refractivity contribution in [2.45, 2.75) is 58.0 Å². The maximum Gasteiger partial charge on any atom is 0.254 e. The molecule has 0 bridgehead atoms. The van der Waals surface area contributed by atoms with E-state index in [-0.39, 0.29) is 34.0 Å². The minimum Gasteiger partial charge on any atom is -0.490 e. The Morgan fingerprint density at radius 2 is 1.67 bits per heavy atom. The standard InChI is InChI=1S/C27H36Cl2N2O4S/c1-4-5-6-7-8-14-35-26-24(28)16-21(17-25(26)29)27(32)31(23-13-15-36(33,34)19-23)18-20-9-11-22(12-10-20)30(2)3/h9-12,16-17,23H,4-8,13-15,18-19H2,1-3H3. The second-order valence-corrected chi connectivity index (χ2v) is 12.6. The molecule has 2 aromatic rings. The van der Waals surface area contributed by atoms with Crippen molar-refractivity contribution in [3.8, 4) is 5.75 Å². The molecule has 0 N–H and O–H groups in total. The van der Waals surface area contributed by atoms with Gasteiger partial charge in [0.05, 0.1) is 28.2 Å². The summed E-state index contributed by atoms with van der Waals surface area (Å²) in [7, 11) is 0.739. The summed E-state index contributed by atoms with van der Waals surface area (Å²) in [6.45, 7) is 2.97. The molecule has 1 heterocycles. The van der Waals surface area contributed by atoms with Crippen LogP contribution in [-0.2, 0) is 16.4 Å². The molecule has 6 nitrogen and oxygen atoms in total. The molecule has 1 atom stereocenters. The summed E-state index contributed by atoms with van der Waals surface area (Å²) in [4.78, 5) is 17.3. The lowest BCUT2D eigenvalue weighted by atomic mass is 10.1. The fraction of sp³-hybridized carbons (Fsp3) is 0.519. The molecule has 36 heavy (non-hydrogen) atoms. The van der Waals surface area contributed by atoms with Gasteiger partial charge in [-0.2, -0.15) is 0 Å². The summed E-state index contributed by atoms with van der Waals surface area (Å²) in [6, 6.07) is 10.6. The number of anilines is 1. The Kier molecular flexibility index (Phi) is 10.3. The number of nitrogens with zero attached hydrogens (tertiary/aromatic N) is 2. The van der Waals surface area contributed by atoms with Crippen LogP contribution < -0.4 is 9.64 Å². The molecule has 1 aliphatic heterocycles. The SMILES string of the molecule is CCCCCCCOc1c(Cl)cc(C(=O)N(Cc2ccc(N(C)C)cc2)C2CCS(=O)(=O)C2)cc1Cl. The minimum atomic E-state index is -3.18. The van der Waals surface area contributed by atoms with E-state index in [1.165, 1.54) is 19.3 Å². The molecule has 1 saturated heterocycles. The number of rotatable bonds is 12. The molecule has 2 aromatic carbocycles. The fourth-order valence-corrected chi connectivity index (χ4v) is 6.68. The molecule has 0 aromatic heterocycles. The van der Waals surface area contributed by atoms with Crippen LogP contribution in [0.4, 0.5) is 5.69 Å². The van der Waals surface area contributed by atoms with E-state index in [9.17, 15) is 13.2 Å². The van der Waals surface area contributed by atoms with Crippen molar-refractivity contribution in [2.75, 3.05) is 37.1 Å². The van der Waals surface area contributed by atoms with Crippen LogP contribution in [0.15, 0.2) is 36.4 Å². The van der Waals surface area contributed by atoms with Crippen LogP contribution >= 0.6 is 23.2 Å². The van der Waals surface area contributed by atoms with Crippen LogP contribution in [0.3, 0.4) is 0 Å². The zero-order valence-corrected chi connectivity index (χ0v) is 23.6. The largest absolute Gasteiger partial charge is 0.490 e. The third-order valence-corrected chi connectivity index (χ3v) is 8.77. The summed E-state index contributed by atoms with van der Waals surface area (Å²) in [5.74, 6) is 0.103. The Bertz CT molecular complexity index is 1110. The highest BCUT2D eigenvalue weighted by molar-refractivity contribution is 7.91. The topological polar surface area (TPSA) is 66.9 Å². The molecule has 1 aliphatic rings. The summed E-state index contributed by atoms with van der Waals surface area (Å²) < 4.78 is 30.2. The lowest BCUT2D eigenvalue weighted by Crippen LogP contribution is -2.40. The van der Waals surface area contributed by atoms with Gasteiger partial charge in [0.25, 0.3) is 5.91 Å². The van der Waals surface area contributed by atoms with Crippen molar-refractivity contribution in [1.82, 2.24) is 4.90 Å². The Hall–Kier alpha value is -1.96. The maximum absolute atomic E-state index is 13.7. The first-order valence-electron chi connectivity index (χ1n) is 12.5. The van der Waals surface area contributed by atoms with Gasteiger partial charge < -0.3 is 14.5 Å². The number of ether oxygens (including phenoxy) is 1. The predicted octanol–water partition coefficient (Wildman–Crippen LogP) is 6.24. The van der Waals surface area contributed by atoms with Gasteiger partial charge in [0.1, 0.15) is 0 Å². The van der Waals surface area contributed by atoms with Gasteiger partial charge >= 0.3 is 0 Å². The third kappa shape index (κ3) is 7.77. The van der Waals surface area contributed by atoms with Gasteiger partial charge in [0, 0.05) is 37.9 Å². The second kappa shape index (κ2) is 13.0. The fourth-order valence-electron chi connectivity index (χ4n) is 4.35. The number of benzene rings is 2. The molecule has 0 spiro atoms. The predicted molar refractivity (Wildman–Crippen MR) is 148 cm³/mol. The molecule has 1 amide bonds. The van der Waals surface area contributed by atoms with Crippen molar-refractivity contribution in [1.29, 1.82) is 0 Å². The molecule has 3 rings (SSSR count). The highest BCUT2D eigenvalue weighted by Crippen LogP contribution is 2.35. The summed E-state index contributed by atoms with van der Waals surface area (Å²) >= 11 is 13.0. The van der Waals surface area contributed by atoms with Crippen LogP contribution in [0.1, 0.15) is 61.4 Å². The number of hydrogen-bond donors (Lipinski definition) is 0. The molecule has 9 heteroatoms. The molecule has 0 radical (unpaired) electrons. The zero-order chi connectivity index (χ0) is 26.3. The third-order valence-electron chi connectivity index (χ3n) is 6.46. The van der Waals surface area contributed by atoms with E-state index in [4.69, 9.17) is 27.9 Å². The Labute approximate surface area is 225 Å². The smallest absolute Gasteiger partial charge is 0.254 e. The summed E-state index contributed by atoms with van der Waals surface area (Å²) in [5, 5.41) is 0.544. The van der Waals surface area contributed by atoms with Gasteiger partial charge in [-0.1, -0.05) is 67.9 Å². The first kappa shape index (κ1) is 28.6. The molecule has 0 aliphatic carbocycles. The first-order chi connectivity index (χ1) is 17.1. The van der Waals surface area contributed by atoms with Crippen molar-refractivity contribution in [3.63, 3.8) is 0 Å². The van der Waals surface area contributed by atoms with Gasteiger partial charge in [0.2, 0.25) is 0 Å². The van der Waals surface area contributed by atoms with Crippen LogP contribution in [-0.4, -0.2) is 57.5 Å². The maximum atomic E-state index is 13.7. The van der Waals surface area contributed by atoms with Crippen LogP contribution in [0, 0.1) is 0 Å². The van der Waals surface area contributed by atoms with Crippen molar-refractivity contribution >= 4 is 44.6 Å². The highest BCUT2D eigenvalue weighted by atomic mass is 35.5. The minimum absolute atomic E-state index is 0.0464. The average Bonchev–Trinajstić information content (AvgIpc) is 3.20. The lowest BCUT2D eigenvalue weighted by Gasteiger charge is -2.29. The molecule has 1 fully saturated rings. The molecule has 0 saturated carbocycles. The Morgan fingerprint density at radius 1 is 1.03 bits per heavy atom. The Balaban J connectivity index is 1.79. The van der Waals surface area contributed by atoms with Crippen LogP contribution in [0.2, 0.25) is 10.0 Å². The van der Waals surface area contributed by atoms with Crippen LogP contribution in [0.25, 0.3) is 0 Å². The van der Waals surface area contributed by atoms with Crippen molar-refractivity contribution in [2.24, 2.45) is 0 Å². The van der Waals surface area contributed by atoms with E-state index >= 15 is 0 Å². The van der Waals surface area contributed by atoms with E-state index in [0.717, 1.165) is 24.1 Å². The molecule has 1 unspecified atom stereocenters. The van der Waals surface area contributed by atoms with E-state index in [0.29, 0.717) is 24.3 Å². The zero-order valence-electron chi connectivity index (χ0n) is 21.3. The van der Waals surface area contributed by atoms with E-state index in [1.807, 2.05) is 43.3 Å². The van der Waals surface area contributed by atoms with Gasteiger partial charge in [-0.15, -0.1) is 0 Å². The summed E-state index contributed by atoms with van der Waals surface area (Å²) in [5.41, 5.74) is 2.27. The molecular weight excluding hydrogens is 519 g/mol. The number of carbonyl (C=O) groups excluding carboxylic acids is 1. The van der Waals surface area contributed by atoms with Crippen molar-refractivity contribution in [3.05, 3.63) is 57.6 Å². The summed E-state index contributed by atoms with van der Waals surface area (Å²) in [6.07, 6.45) is 5.94. The highest BCUT2D eigenvalue weighted by Gasteiger charge is 2.35. The number of halogens is 2. The van der Waals surface area contributed by atoms with Gasteiger partial charge in [0.15, 0.2) is 15.6 Å². The number of amides is 1. The second-order valence-electron chi connectivity index (χ2n) is 9.58. The number of carbonyl (C=O) groups is 1. The normalized spacial score (nSPS) is 16.6. The number of sulfone groups is 1. The van der Waals surface area contributed by atoms with Crippen molar-refractivity contribution < 1.29 is 17.9 Å². The van der Waals surface area contributed by atoms with E-state index in [2.05, 4.69) is 6.92 Å². The lowest BCUT2D eigenvalue weighted by molar-refractivity contribution is 0.0681. The molecule has 198 valence electrons. The average molecular weight is 556 g/mol. The number of hydrogen-bond acceptors (Lipinski definition) is 5. The quantitative estimate of drug-likeness (QED) is 0.290. The first-order valence-corrected chi connectivity index (χ1v) is 15.1. The van der Waals surface area contributed by atoms with Gasteiger partial charge in [-0.25, -0.2) is 8.42 Å². The van der Waals surface area contributed by atoms with E-state index in [1.54, 1.807) is 17.0 Å². The van der Waals surface area contributed by atoms with E-state index < -0.39 is 15.9 Å². The molecular formula is C27H36Cl2N2O4S. The number of unbranched alkanes of at least 4 members (excludes halogenated alkanes) is 4. The Morgan fingerprint density at radius 3 is 2.22 bits per heavy atom. The van der Waals surface area contributed by atoms with Crippen LogP contribution in [0.5, 0.6) is 5.75 Å². The van der Waals surface area contributed by atoms with Gasteiger partial charge in [-0.05, 0) is 42.7 Å². The van der Waals surface area contributed by atoms with Gasteiger partial charge in [-0.3, -0.25) is 4.79 Å². The monoisotopic (exact) mass is 554 g/mol.